The molecule has 2 rings (SSSR count). The lowest BCUT2D eigenvalue weighted by molar-refractivity contribution is 0.0459. The van der Waals surface area contributed by atoms with Gasteiger partial charge in [0.1, 0.15) is 0 Å². The first kappa shape index (κ1) is 12.0. The number of hydrogen-bond acceptors (Lipinski definition) is 6. The maximum Gasteiger partial charge on any atom is 0.338 e. The highest BCUT2D eigenvalue weighted by molar-refractivity contribution is 5.89. The number of pyridine rings is 1. The fourth-order valence-electron chi connectivity index (χ4n) is 1.29. The van der Waals surface area contributed by atoms with Crippen LogP contribution in [-0.2, 0) is 18.4 Å². The molecule has 0 aromatic carbocycles. The molecular formula is C11H11N3O4. The van der Waals surface area contributed by atoms with Gasteiger partial charge in [0.05, 0.1) is 5.56 Å². The molecule has 0 aliphatic heterocycles. The number of hydrogen-bond donors (Lipinski definition) is 0. The van der Waals surface area contributed by atoms with Gasteiger partial charge < -0.3 is 13.8 Å². The molecule has 0 unspecified atom stereocenters. The van der Waals surface area contributed by atoms with Crippen LogP contribution >= 0.6 is 0 Å². The van der Waals surface area contributed by atoms with Gasteiger partial charge in [0.2, 0.25) is 11.7 Å². The van der Waals surface area contributed by atoms with Crippen LogP contribution in [0.4, 0.5) is 0 Å². The van der Waals surface area contributed by atoms with Crippen LogP contribution < -0.4 is 5.56 Å². The maximum atomic E-state index is 11.6. The number of aromatic nitrogens is 3. The van der Waals surface area contributed by atoms with Gasteiger partial charge in [-0.2, -0.15) is 4.98 Å². The quantitative estimate of drug-likeness (QED) is 0.733. The van der Waals surface area contributed by atoms with E-state index in [1.165, 1.54) is 22.9 Å². The van der Waals surface area contributed by atoms with Crippen molar-refractivity contribution in [1.29, 1.82) is 0 Å². The molecule has 7 heteroatoms. The molecule has 0 fully saturated rings. The molecule has 2 heterocycles. The number of rotatable bonds is 3. The van der Waals surface area contributed by atoms with Crippen molar-refractivity contribution in [3.05, 3.63) is 46.0 Å². The first-order valence-corrected chi connectivity index (χ1v) is 5.19. The number of carbonyl (C=O) groups excluding carboxylic acids is 1. The molecule has 2 aromatic rings. The summed E-state index contributed by atoms with van der Waals surface area (Å²) >= 11 is 0. The zero-order valence-electron chi connectivity index (χ0n) is 9.91. The van der Waals surface area contributed by atoms with Crippen LogP contribution in [0.25, 0.3) is 0 Å². The summed E-state index contributed by atoms with van der Waals surface area (Å²) in [7, 11) is 1.60. The zero-order valence-corrected chi connectivity index (χ0v) is 9.91. The predicted octanol–water partition coefficient (Wildman–Crippen LogP) is 0.434. The Morgan fingerprint density at radius 1 is 1.56 bits per heavy atom. The van der Waals surface area contributed by atoms with Crippen molar-refractivity contribution >= 4 is 5.97 Å². The molecule has 94 valence electrons. The van der Waals surface area contributed by atoms with Crippen molar-refractivity contribution < 1.29 is 14.1 Å². The average Bonchev–Trinajstić information content (AvgIpc) is 2.75. The lowest BCUT2D eigenvalue weighted by atomic mass is 10.3. The van der Waals surface area contributed by atoms with E-state index in [0.717, 1.165) is 0 Å². The van der Waals surface area contributed by atoms with E-state index >= 15 is 0 Å². The first-order chi connectivity index (χ1) is 8.56. The molecule has 0 aliphatic rings. The largest absolute Gasteiger partial charge is 0.454 e. The second-order valence-electron chi connectivity index (χ2n) is 3.67. The first-order valence-electron chi connectivity index (χ1n) is 5.19. The second kappa shape index (κ2) is 4.82. The highest BCUT2D eigenvalue weighted by Crippen LogP contribution is 2.02. The molecule has 2 aromatic heterocycles. The van der Waals surface area contributed by atoms with Gasteiger partial charge in [0.15, 0.2) is 6.61 Å². The topological polar surface area (TPSA) is 87.2 Å². The average molecular weight is 249 g/mol. The Kier molecular flexibility index (Phi) is 3.22. The van der Waals surface area contributed by atoms with Gasteiger partial charge in [0, 0.05) is 26.2 Å². The number of aryl methyl sites for hydroxylation is 2. The summed E-state index contributed by atoms with van der Waals surface area (Å²) < 4.78 is 11.0. The lowest BCUT2D eigenvalue weighted by Crippen LogP contribution is -2.17. The summed E-state index contributed by atoms with van der Waals surface area (Å²) in [4.78, 5) is 26.9. The summed E-state index contributed by atoms with van der Waals surface area (Å²) in [5.74, 6) is 0.0782. The fraction of sp³-hybridized carbons (Fsp3) is 0.273. The van der Waals surface area contributed by atoms with Gasteiger partial charge in [-0.05, 0) is 6.07 Å². The summed E-state index contributed by atoms with van der Waals surface area (Å²) in [6.45, 7) is 1.55. The molecule has 18 heavy (non-hydrogen) atoms. The monoisotopic (exact) mass is 249 g/mol. The Hall–Kier alpha value is -2.44. The molecule has 0 N–H and O–H groups in total. The molecule has 0 saturated heterocycles. The fourth-order valence-corrected chi connectivity index (χ4v) is 1.29. The van der Waals surface area contributed by atoms with Gasteiger partial charge in [-0.15, -0.1) is 0 Å². The molecular weight excluding hydrogens is 238 g/mol. The van der Waals surface area contributed by atoms with E-state index in [1.807, 2.05) is 0 Å². The van der Waals surface area contributed by atoms with Crippen LogP contribution in [0, 0.1) is 6.92 Å². The van der Waals surface area contributed by atoms with Crippen molar-refractivity contribution in [3.63, 3.8) is 0 Å². The van der Waals surface area contributed by atoms with Gasteiger partial charge in [-0.25, -0.2) is 4.79 Å². The summed E-state index contributed by atoms with van der Waals surface area (Å²) in [5.41, 5.74) is -0.0850. The molecule has 0 atom stereocenters. The van der Waals surface area contributed by atoms with E-state index < -0.39 is 5.97 Å². The Morgan fingerprint density at radius 3 is 2.94 bits per heavy atom. The van der Waals surface area contributed by atoms with Gasteiger partial charge in [-0.3, -0.25) is 4.79 Å². The lowest BCUT2D eigenvalue weighted by Gasteiger charge is -2.02. The maximum absolute atomic E-state index is 11.6. The number of ether oxygens (including phenoxy) is 1. The Balaban J connectivity index is 2.03. The van der Waals surface area contributed by atoms with Crippen molar-refractivity contribution in [2.24, 2.45) is 7.05 Å². The SMILES string of the molecule is Cc1nc(COC(=O)c2ccn(C)c(=O)c2)no1. The van der Waals surface area contributed by atoms with E-state index in [0.29, 0.717) is 5.89 Å². The highest BCUT2D eigenvalue weighted by Gasteiger charge is 2.10. The third kappa shape index (κ3) is 2.62. The molecule has 0 saturated carbocycles. The highest BCUT2D eigenvalue weighted by atomic mass is 16.5. The van der Waals surface area contributed by atoms with Crippen LogP contribution in [0.15, 0.2) is 27.6 Å². The smallest absolute Gasteiger partial charge is 0.338 e. The van der Waals surface area contributed by atoms with Crippen molar-refractivity contribution in [2.75, 3.05) is 0 Å². The van der Waals surface area contributed by atoms with Gasteiger partial charge in [-0.1, -0.05) is 5.16 Å². The van der Waals surface area contributed by atoms with E-state index in [-0.39, 0.29) is 23.6 Å². The van der Waals surface area contributed by atoms with Crippen LogP contribution in [0.1, 0.15) is 22.1 Å². The van der Waals surface area contributed by atoms with E-state index in [2.05, 4.69) is 10.1 Å². The normalized spacial score (nSPS) is 10.3. The van der Waals surface area contributed by atoms with Crippen molar-refractivity contribution in [2.45, 2.75) is 13.5 Å². The predicted molar refractivity (Wildman–Crippen MR) is 59.8 cm³/mol. The number of carbonyl (C=O) groups is 1. The number of esters is 1. The standard InChI is InChI=1S/C11H11N3O4/c1-7-12-9(13-18-7)6-17-11(16)8-3-4-14(2)10(15)5-8/h3-5H,6H2,1-2H3. The molecule has 0 amide bonds. The molecule has 0 radical (unpaired) electrons. The van der Waals surface area contributed by atoms with Crippen molar-refractivity contribution in [3.8, 4) is 0 Å². The van der Waals surface area contributed by atoms with Gasteiger partial charge in [0.25, 0.3) is 5.56 Å². The van der Waals surface area contributed by atoms with Crippen molar-refractivity contribution in [1.82, 2.24) is 14.7 Å². The summed E-state index contributed by atoms with van der Waals surface area (Å²) in [6, 6.07) is 2.72. The third-order valence-corrected chi connectivity index (χ3v) is 2.24. The van der Waals surface area contributed by atoms with Crippen LogP contribution in [0.2, 0.25) is 0 Å². The van der Waals surface area contributed by atoms with E-state index in [4.69, 9.17) is 9.26 Å². The third-order valence-electron chi connectivity index (χ3n) is 2.24. The number of nitrogens with zero attached hydrogens (tertiary/aromatic N) is 3. The van der Waals surface area contributed by atoms with Gasteiger partial charge >= 0.3 is 5.97 Å². The van der Waals surface area contributed by atoms with Crippen LogP contribution in [0.5, 0.6) is 0 Å². The van der Waals surface area contributed by atoms with E-state index in [9.17, 15) is 9.59 Å². The molecule has 0 spiro atoms. The molecule has 0 bridgehead atoms. The summed E-state index contributed by atoms with van der Waals surface area (Å²) in [5, 5.41) is 3.58. The minimum atomic E-state index is -0.602. The summed E-state index contributed by atoms with van der Waals surface area (Å²) in [6.07, 6.45) is 1.50. The minimum absolute atomic E-state index is 0.0919. The zero-order chi connectivity index (χ0) is 13.1. The van der Waals surface area contributed by atoms with Crippen LogP contribution in [0.3, 0.4) is 0 Å². The molecule has 7 nitrogen and oxygen atoms in total. The Labute approximate surface area is 102 Å². The molecule has 0 aliphatic carbocycles. The Morgan fingerprint density at radius 2 is 2.33 bits per heavy atom. The minimum Gasteiger partial charge on any atom is -0.454 e. The van der Waals surface area contributed by atoms with E-state index in [1.54, 1.807) is 14.0 Å². The van der Waals surface area contributed by atoms with Crippen LogP contribution in [-0.4, -0.2) is 20.7 Å². The second-order valence-corrected chi connectivity index (χ2v) is 3.67. The Bertz CT molecular complexity index is 629.